The van der Waals surface area contributed by atoms with Gasteiger partial charge in [-0.05, 0) is 34.5 Å². The van der Waals surface area contributed by atoms with Crippen molar-refractivity contribution >= 4 is 45.2 Å². The third-order valence-electron chi connectivity index (χ3n) is 2.49. The van der Waals surface area contributed by atoms with E-state index in [4.69, 9.17) is 16.7 Å². The van der Waals surface area contributed by atoms with E-state index < -0.39 is 23.9 Å². The summed E-state index contributed by atoms with van der Waals surface area (Å²) in [5.41, 5.74) is 0.218. The van der Waals surface area contributed by atoms with Crippen LogP contribution in [0.4, 0.5) is 14.9 Å². The van der Waals surface area contributed by atoms with Gasteiger partial charge in [0.15, 0.2) is 0 Å². The van der Waals surface area contributed by atoms with Crippen LogP contribution in [-0.4, -0.2) is 23.1 Å². The Labute approximate surface area is 128 Å². The predicted molar refractivity (Wildman–Crippen MR) is 77.6 cm³/mol. The molecule has 8 heteroatoms. The standard InChI is InChI=1S/C12H13BrClFN2O3/c1-2-7(5-10(18)19)16-12(20)17-11-8(13)3-6(15)4-9(11)14/h3-4,7H,2,5H2,1H3,(H,18,19)(H2,16,17,20). The lowest BCUT2D eigenvalue weighted by molar-refractivity contribution is -0.137. The van der Waals surface area contributed by atoms with Crippen molar-refractivity contribution in [1.29, 1.82) is 0 Å². The van der Waals surface area contributed by atoms with E-state index in [1.165, 1.54) is 0 Å². The highest BCUT2D eigenvalue weighted by Gasteiger charge is 2.16. The maximum atomic E-state index is 13.0. The van der Waals surface area contributed by atoms with Crippen LogP contribution in [0.3, 0.4) is 0 Å². The molecule has 1 aromatic carbocycles. The van der Waals surface area contributed by atoms with Gasteiger partial charge in [-0.3, -0.25) is 4.79 Å². The zero-order valence-corrected chi connectivity index (χ0v) is 12.9. The van der Waals surface area contributed by atoms with Crippen LogP contribution in [0, 0.1) is 5.82 Å². The van der Waals surface area contributed by atoms with Gasteiger partial charge in [-0.2, -0.15) is 0 Å². The molecule has 3 N–H and O–H groups in total. The summed E-state index contributed by atoms with van der Waals surface area (Å²) in [6, 6.07) is 1.13. The highest BCUT2D eigenvalue weighted by Crippen LogP contribution is 2.31. The van der Waals surface area contributed by atoms with Crippen molar-refractivity contribution in [2.24, 2.45) is 0 Å². The third-order valence-corrected chi connectivity index (χ3v) is 3.42. The molecule has 0 radical (unpaired) electrons. The van der Waals surface area contributed by atoms with Crippen molar-refractivity contribution < 1.29 is 19.1 Å². The molecular formula is C12H13BrClFN2O3. The molecule has 0 fully saturated rings. The van der Waals surface area contributed by atoms with Crippen LogP contribution >= 0.6 is 27.5 Å². The fourth-order valence-electron chi connectivity index (χ4n) is 1.50. The largest absolute Gasteiger partial charge is 0.481 e. The molecule has 110 valence electrons. The average molecular weight is 368 g/mol. The fourth-order valence-corrected chi connectivity index (χ4v) is 2.40. The number of anilines is 1. The number of rotatable bonds is 5. The second-order valence-electron chi connectivity index (χ2n) is 4.05. The smallest absolute Gasteiger partial charge is 0.319 e. The number of halogens is 3. The van der Waals surface area contributed by atoms with Crippen molar-refractivity contribution in [3.05, 3.63) is 27.4 Å². The molecule has 0 saturated carbocycles. The Kier molecular flexibility index (Phi) is 6.22. The number of hydrogen-bond acceptors (Lipinski definition) is 2. The van der Waals surface area contributed by atoms with Crippen molar-refractivity contribution in [2.45, 2.75) is 25.8 Å². The Morgan fingerprint density at radius 1 is 1.50 bits per heavy atom. The highest BCUT2D eigenvalue weighted by molar-refractivity contribution is 9.10. The van der Waals surface area contributed by atoms with E-state index in [1.807, 2.05) is 0 Å². The van der Waals surface area contributed by atoms with E-state index in [0.717, 1.165) is 12.1 Å². The molecule has 20 heavy (non-hydrogen) atoms. The van der Waals surface area contributed by atoms with Gasteiger partial charge in [0.05, 0.1) is 17.1 Å². The van der Waals surface area contributed by atoms with E-state index >= 15 is 0 Å². The number of hydrogen-bond donors (Lipinski definition) is 3. The summed E-state index contributed by atoms with van der Waals surface area (Å²) in [7, 11) is 0. The van der Waals surface area contributed by atoms with Crippen LogP contribution in [0.2, 0.25) is 5.02 Å². The van der Waals surface area contributed by atoms with Crippen molar-refractivity contribution in [1.82, 2.24) is 5.32 Å². The van der Waals surface area contributed by atoms with Gasteiger partial charge in [-0.15, -0.1) is 0 Å². The number of carboxylic acid groups (broad SMARTS) is 1. The molecule has 0 bridgehead atoms. The summed E-state index contributed by atoms with van der Waals surface area (Å²) in [5, 5.41) is 13.7. The van der Waals surface area contributed by atoms with Crippen LogP contribution in [0.25, 0.3) is 0 Å². The lowest BCUT2D eigenvalue weighted by Crippen LogP contribution is -2.39. The first-order chi connectivity index (χ1) is 9.33. The molecule has 0 aliphatic carbocycles. The maximum Gasteiger partial charge on any atom is 0.319 e. The zero-order valence-electron chi connectivity index (χ0n) is 10.5. The molecule has 0 aliphatic heterocycles. The summed E-state index contributed by atoms with van der Waals surface area (Å²) >= 11 is 8.92. The molecule has 0 spiro atoms. The van der Waals surface area contributed by atoms with E-state index in [1.54, 1.807) is 6.92 Å². The lowest BCUT2D eigenvalue weighted by atomic mass is 10.1. The Balaban J connectivity index is 2.73. The molecule has 5 nitrogen and oxygen atoms in total. The van der Waals surface area contributed by atoms with Gasteiger partial charge in [0, 0.05) is 10.5 Å². The van der Waals surface area contributed by atoms with Gasteiger partial charge in [0.25, 0.3) is 0 Å². The Morgan fingerprint density at radius 2 is 2.15 bits per heavy atom. The molecular weight excluding hydrogens is 354 g/mol. The first-order valence-corrected chi connectivity index (χ1v) is 6.94. The zero-order chi connectivity index (χ0) is 15.3. The number of amides is 2. The SMILES string of the molecule is CCC(CC(=O)O)NC(=O)Nc1c(Cl)cc(F)cc1Br. The molecule has 0 heterocycles. The Hall–Kier alpha value is -1.34. The highest BCUT2D eigenvalue weighted by atomic mass is 79.9. The summed E-state index contributed by atoms with van der Waals surface area (Å²) in [6.07, 6.45) is 0.292. The van der Waals surface area contributed by atoms with Gasteiger partial charge in [-0.25, -0.2) is 9.18 Å². The van der Waals surface area contributed by atoms with Gasteiger partial charge < -0.3 is 15.7 Å². The van der Waals surface area contributed by atoms with Crippen LogP contribution in [0.1, 0.15) is 19.8 Å². The maximum absolute atomic E-state index is 13.0. The first kappa shape index (κ1) is 16.7. The van der Waals surface area contributed by atoms with Gasteiger partial charge in [0.2, 0.25) is 0 Å². The molecule has 1 rings (SSSR count). The molecule has 1 unspecified atom stereocenters. The number of aliphatic carboxylic acids is 1. The number of carbonyl (C=O) groups excluding carboxylic acids is 1. The van der Waals surface area contributed by atoms with E-state index in [0.29, 0.717) is 10.9 Å². The summed E-state index contributed by atoms with van der Waals surface area (Å²) in [4.78, 5) is 22.4. The minimum absolute atomic E-state index is 0.0401. The van der Waals surface area contributed by atoms with Gasteiger partial charge in [0.1, 0.15) is 5.82 Å². The second-order valence-corrected chi connectivity index (χ2v) is 5.31. The van der Waals surface area contributed by atoms with E-state index in [2.05, 4.69) is 26.6 Å². The van der Waals surface area contributed by atoms with E-state index in [9.17, 15) is 14.0 Å². The average Bonchev–Trinajstić information content (AvgIpc) is 2.32. The van der Waals surface area contributed by atoms with Crippen molar-refractivity contribution in [3.8, 4) is 0 Å². The van der Waals surface area contributed by atoms with Crippen molar-refractivity contribution in [3.63, 3.8) is 0 Å². The number of carboxylic acids is 1. The number of carbonyl (C=O) groups is 2. The quantitative estimate of drug-likeness (QED) is 0.744. The number of nitrogens with one attached hydrogen (secondary N) is 2. The normalized spacial score (nSPS) is 11.8. The Bertz CT molecular complexity index is 504. The molecule has 2 amide bonds. The van der Waals surface area contributed by atoms with Gasteiger partial charge >= 0.3 is 12.0 Å². The van der Waals surface area contributed by atoms with Crippen LogP contribution in [0.15, 0.2) is 16.6 Å². The monoisotopic (exact) mass is 366 g/mol. The summed E-state index contributed by atoms with van der Waals surface area (Å²) < 4.78 is 13.3. The van der Waals surface area contributed by atoms with Gasteiger partial charge in [-0.1, -0.05) is 18.5 Å². The summed E-state index contributed by atoms with van der Waals surface area (Å²) in [6.45, 7) is 1.76. The first-order valence-electron chi connectivity index (χ1n) is 5.77. The molecule has 0 aromatic heterocycles. The molecule has 0 aliphatic rings. The third kappa shape index (κ3) is 4.97. The second kappa shape index (κ2) is 7.44. The molecule has 1 aromatic rings. The van der Waals surface area contributed by atoms with Crippen molar-refractivity contribution in [2.75, 3.05) is 5.32 Å². The molecule has 0 saturated heterocycles. The minimum Gasteiger partial charge on any atom is -0.481 e. The fraction of sp³-hybridized carbons (Fsp3) is 0.333. The predicted octanol–water partition coefficient (Wildman–Crippen LogP) is 3.62. The molecule has 1 atom stereocenters. The van der Waals surface area contributed by atoms with Crippen LogP contribution < -0.4 is 10.6 Å². The summed E-state index contributed by atoms with van der Waals surface area (Å²) in [5.74, 6) is -1.54. The number of urea groups is 1. The van der Waals surface area contributed by atoms with E-state index in [-0.39, 0.29) is 17.1 Å². The lowest BCUT2D eigenvalue weighted by Gasteiger charge is -2.16. The Morgan fingerprint density at radius 3 is 2.65 bits per heavy atom. The van der Waals surface area contributed by atoms with Crippen LogP contribution in [-0.2, 0) is 4.79 Å². The topological polar surface area (TPSA) is 78.4 Å². The van der Waals surface area contributed by atoms with Crippen LogP contribution in [0.5, 0.6) is 0 Å². The number of benzene rings is 1. The minimum atomic E-state index is -1.00.